The predicted molar refractivity (Wildman–Crippen MR) is 88.2 cm³/mol. The summed E-state index contributed by atoms with van der Waals surface area (Å²) in [5.41, 5.74) is 0.174. The van der Waals surface area contributed by atoms with E-state index in [-0.39, 0.29) is 5.92 Å². The molecule has 0 bridgehead atoms. The molecule has 1 aromatic carbocycles. The number of hydrogen-bond acceptors (Lipinski definition) is 4. The van der Waals surface area contributed by atoms with E-state index in [1.807, 2.05) is 24.3 Å². The molecule has 22 heavy (non-hydrogen) atoms. The van der Waals surface area contributed by atoms with Crippen LogP contribution in [0.3, 0.4) is 0 Å². The fraction of sp³-hybridized carbons (Fsp3) is 0.667. The van der Waals surface area contributed by atoms with Gasteiger partial charge in [0.2, 0.25) is 0 Å². The number of ether oxygens (including phenoxy) is 2. The summed E-state index contributed by atoms with van der Waals surface area (Å²) >= 11 is 0. The molecule has 0 radical (unpaired) electrons. The summed E-state index contributed by atoms with van der Waals surface area (Å²) in [6.07, 6.45) is 4.87. The third-order valence-electron chi connectivity index (χ3n) is 4.70. The first-order valence-corrected chi connectivity index (χ1v) is 8.27. The minimum Gasteiger partial charge on any atom is -0.497 e. The summed E-state index contributed by atoms with van der Waals surface area (Å²) in [6.45, 7) is 2.67. The Morgan fingerprint density at radius 3 is 2.86 bits per heavy atom. The molecule has 0 spiro atoms. The highest BCUT2D eigenvalue weighted by Gasteiger charge is 2.38. The molecule has 4 heteroatoms. The normalized spacial score (nSPS) is 21.3. The summed E-state index contributed by atoms with van der Waals surface area (Å²) in [5, 5.41) is 14.9. The van der Waals surface area contributed by atoms with Crippen molar-refractivity contribution in [3.05, 3.63) is 29.8 Å². The summed E-state index contributed by atoms with van der Waals surface area (Å²) < 4.78 is 10.5. The van der Waals surface area contributed by atoms with Gasteiger partial charge in [-0.3, -0.25) is 0 Å². The third-order valence-corrected chi connectivity index (χ3v) is 4.70. The van der Waals surface area contributed by atoms with E-state index in [2.05, 4.69) is 5.32 Å². The van der Waals surface area contributed by atoms with E-state index in [9.17, 15) is 5.11 Å². The Kier molecular flexibility index (Phi) is 6.68. The second-order valence-corrected chi connectivity index (χ2v) is 6.15. The Balaban J connectivity index is 2.18. The molecule has 0 saturated carbocycles. The van der Waals surface area contributed by atoms with E-state index >= 15 is 0 Å². The van der Waals surface area contributed by atoms with Gasteiger partial charge in [0.05, 0.1) is 12.7 Å². The second kappa shape index (κ2) is 8.51. The largest absolute Gasteiger partial charge is 0.497 e. The standard InChI is InChI=1S/C18H29NO3/c1-21-12-4-3-10-18(20,16-8-6-11-19-14-16)15-7-5-9-17(13-15)22-2/h5,7,9,13,16,19-20H,3-4,6,8,10-12,14H2,1-2H3/t16-,18?/m1/s1. The van der Waals surface area contributed by atoms with Crippen LogP contribution in [0.25, 0.3) is 0 Å². The van der Waals surface area contributed by atoms with Gasteiger partial charge in [-0.05, 0) is 56.3 Å². The van der Waals surface area contributed by atoms with Crippen molar-refractivity contribution >= 4 is 0 Å². The van der Waals surface area contributed by atoms with Crippen LogP contribution in [0.15, 0.2) is 24.3 Å². The lowest BCUT2D eigenvalue weighted by atomic mass is 9.74. The van der Waals surface area contributed by atoms with Crippen LogP contribution < -0.4 is 10.1 Å². The van der Waals surface area contributed by atoms with Gasteiger partial charge in [0.15, 0.2) is 0 Å². The van der Waals surface area contributed by atoms with E-state index in [0.29, 0.717) is 0 Å². The van der Waals surface area contributed by atoms with Gasteiger partial charge in [-0.2, -0.15) is 0 Å². The van der Waals surface area contributed by atoms with Crippen molar-refractivity contribution in [3.8, 4) is 5.75 Å². The second-order valence-electron chi connectivity index (χ2n) is 6.15. The van der Waals surface area contributed by atoms with Gasteiger partial charge in [0.25, 0.3) is 0 Å². The zero-order chi connectivity index (χ0) is 15.8. The molecule has 2 N–H and O–H groups in total. The van der Waals surface area contributed by atoms with Crippen LogP contribution in [-0.4, -0.2) is 39.0 Å². The monoisotopic (exact) mass is 307 g/mol. The summed E-state index contributed by atoms with van der Waals surface area (Å²) in [5.74, 6) is 1.05. The van der Waals surface area contributed by atoms with Gasteiger partial charge >= 0.3 is 0 Å². The van der Waals surface area contributed by atoms with Gasteiger partial charge in [-0.1, -0.05) is 12.1 Å². The molecule has 1 aliphatic rings. The molecule has 0 amide bonds. The molecule has 2 atom stereocenters. The van der Waals surface area contributed by atoms with Crippen LogP contribution in [0.1, 0.15) is 37.7 Å². The highest BCUT2D eigenvalue weighted by molar-refractivity contribution is 5.33. The Labute approximate surface area is 133 Å². The first-order valence-electron chi connectivity index (χ1n) is 8.27. The molecule has 1 heterocycles. The van der Waals surface area contributed by atoms with Crippen molar-refractivity contribution < 1.29 is 14.6 Å². The topological polar surface area (TPSA) is 50.7 Å². The predicted octanol–water partition coefficient (Wildman–Crippen LogP) is 2.70. The first kappa shape index (κ1) is 17.3. The number of unbranched alkanes of at least 4 members (excludes halogenated alkanes) is 1. The molecular formula is C18H29NO3. The number of methoxy groups -OCH3 is 2. The van der Waals surface area contributed by atoms with Crippen LogP contribution in [0.5, 0.6) is 5.75 Å². The lowest BCUT2D eigenvalue weighted by Crippen LogP contribution is -2.44. The minimum absolute atomic E-state index is 0.246. The maximum atomic E-state index is 11.5. The van der Waals surface area contributed by atoms with E-state index in [4.69, 9.17) is 9.47 Å². The average Bonchev–Trinajstić information content (AvgIpc) is 2.59. The van der Waals surface area contributed by atoms with Crippen LogP contribution >= 0.6 is 0 Å². The maximum Gasteiger partial charge on any atom is 0.119 e. The summed E-state index contributed by atoms with van der Waals surface area (Å²) in [6, 6.07) is 7.89. The number of rotatable bonds is 8. The Bertz CT molecular complexity index is 446. The van der Waals surface area contributed by atoms with Gasteiger partial charge in [-0.25, -0.2) is 0 Å². The molecule has 1 unspecified atom stereocenters. The Morgan fingerprint density at radius 1 is 1.32 bits per heavy atom. The van der Waals surface area contributed by atoms with Crippen molar-refractivity contribution in [2.24, 2.45) is 5.92 Å². The third kappa shape index (κ3) is 4.22. The SMILES string of the molecule is COCCCCC(O)(c1cccc(OC)c1)[C@@H]1CCCNC1. The van der Waals surface area contributed by atoms with E-state index in [1.165, 1.54) is 0 Å². The van der Waals surface area contributed by atoms with Gasteiger partial charge in [0.1, 0.15) is 5.75 Å². The summed E-state index contributed by atoms with van der Waals surface area (Å²) in [4.78, 5) is 0. The highest BCUT2D eigenvalue weighted by Crippen LogP contribution is 2.39. The molecular weight excluding hydrogens is 278 g/mol. The van der Waals surface area contributed by atoms with Crippen molar-refractivity contribution in [3.63, 3.8) is 0 Å². The fourth-order valence-corrected chi connectivity index (χ4v) is 3.38. The molecule has 1 fully saturated rings. The molecule has 1 aliphatic heterocycles. The molecule has 124 valence electrons. The van der Waals surface area contributed by atoms with E-state index < -0.39 is 5.60 Å². The molecule has 1 aromatic rings. The molecule has 1 saturated heterocycles. The molecule has 2 rings (SSSR count). The van der Waals surface area contributed by atoms with Gasteiger partial charge in [-0.15, -0.1) is 0 Å². The Hall–Kier alpha value is -1.10. The Morgan fingerprint density at radius 2 is 2.18 bits per heavy atom. The zero-order valence-electron chi connectivity index (χ0n) is 13.8. The van der Waals surface area contributed by atoms with E-state index in [1.54, 1.807) is 14.2 Å². The number of nitrogens with one attached hydrogen (secondary N) is 1. The van der Waals surface area contributed by atoms with Crippen molar-refractivity contribution in [2.45, 2.75) is 37.7 Å². The quantitative estimate of drug-likeness (QED) is 0.725. The maximum absolute atomic E-state index is 11.5. The van der Waals surface area contributed by atoms with Crippen LogP contribution in [0.2, 0.25) is 0 Å². The molecule has 0 aliphatic carbocycles. The van der Waals surface area contributed by atoms with Gasteiger partial charge in [0, 0.05) is 26.2 Å². The number of aliphatic hydroxyl groups is 1. The van der Waals surface area contributed by atoms with Crippen molar-refractivity contribution in [2.75, 3.05) is 33.9 Å². The lowest BCUT2D eigenvalue weighted by molar-refractivity contribution is -0.0435. The van der Waals surface area contributed by atoms with Crippen LogP contribution in [0, 0.1) is 5.92 Å². The molecule has 4 nitrogen and oxygen atoms in total. The molecule has 0 aromatic heterocycles. The number of piperidine rings is 1. The van der Waals surface area contributed by atoms with Crippen molar-refractivity contribution in [1.82, 2.24) is 5.32 Å². The highest BCUT2D eigenvalue weighted by atomic mass is 16.5. The average molecular weight is 307 g/mol. The smallest absolute Gasteiger partial charge is 0.119 e. The summed E-state index contributed by atoms with van der Waals surface area (Å²) in [7, 11) is 3.39. The van der Waals surface area contributed by atoms with E-state index in [0.717, 1.165) is 63.1 Å². The number of hydrogen-bond donors (Lipinski definition) is 2. The lowest BCUT2D eigenvalue weighted by Gasteiger charge is -2.39. The first-order chi connectivity index (χ1) is 10.7. The fourth-order valence-electron chi connectivity index (χ4n) is 3.38. The number of benzene rings is 1. The van der Waals surface area contributed by atoms with Crippen molar-refractivity contribution in [1.29, 1.82) is 0 Å². The minimum atomic E-state index is -0.796. The van der Waals surface area contributed by atoms with Gasteiger partial charge < -0.3 is 19.9 Å². The zero-order valence-corrected chi connectivity index (χ0v) is 13.8. The van der Waals surface area contributed by atoms with Crippen LogP contribution in [-0.2, 0) is 10.3 Å². The van der Waals surface area contributed by atoms with Crippen LogP contribution in [0.4, 0.5) is 0 Å².